The van der Waals surface area contributed by atoms with Crippen molar-refractivity contribution in [3.05, 3.63) is 47.8 Å². The minimum Gasteiger partial charge on any atom is -0.493 e. The van der Waals surface area contributed by atoms with Crippen LogP contribution in [0.3, 0.4) is 0 Å². The van der Waals surface area contributed by atoms with Crippen molar-refractivity contribution in [1.82, 2.24) is 5.32 Å². The summed E-state index contributed by atoms with van der Waals surface area (Å²) in [5.41, 5.74) is 0.818. The van der Waals surface area contributed by atoms with Crippen molar-refractivity contribution < 1.29 is 27.0 Å². The van der Waals surface area contributed by atoms with Crippen molar-refractivity contribution in [3.8, 4) is 17.2 Å². The van der Waals surface area contributed by atoms with E-state index in [1.165, 1.54) is 25.3 Å². The molecule has 0 aliphatic heterocycles. The zero-order valence-electron chi connectivity index (χ0n) is 16.8. The third kappa shape index (κ3) is 6.88. The molecule has 2 rings (SSSR count). The fraction of sp³-hybridized carbons (Fsp3) is 0.400. The van der Waals surface area contributed by atoms with Crippen LogP contribution in [0.15, 0.2) is 41.3 Å². The second-order valence-corrected chi connectivity index (χ2v) is 7.99. The lowest BCUT2D eigenvalue weighted by atomic mass is 10.1. The van der Waals surface area contributed by atoms with Crippen molar-refractivity contribution in [2.75, 3.05) is 26.9 Å². The molecule has 0 saturated heterocycles. The molecule has 0 radical (unpaired) electrons. The Labute approximate surface area is 171 Å². The van der Waals surface area contributed by atoms with Crippen molar-refractivity contribution >= 4 is 10.0 Å². The van der Waals surface area contributed by atoms with E-state index in [1.54, 1.807) is 19.1 Å². The van der Waals surface area contributed by atoms with Crippen LogP contribution in [-0.2, 0) is 16.4 Å². The highest BCUT2D eigenvalue weighted by Gasteiger charge is 2.17. The Morgan fingerprint density at radius 1 is 1.10 bits per heavy atom. The summed E-state index contributed by atoms with van der Waals surface area (Å²) < 4.78 is 52.9. The van der Waals surface area contributed by atoms with Crippen LogP contribution >= 0.6 is 0 Å². The lowest BCUT2D eigenvalue weighted by Gasteiger charge is -2.16. The number of primary sulfonamides is 1. The molecule has 0 bridgehead atoms. The lowest BCUT2D eigenvalue weighted by molar-refractivity contribution is 0.286. The lowest BCUT2D eigenvalue weighted by Crippen LogP contribution is -2.32. The number of hydrogen-bond donors (Lipinski definition) is 2. The van der Waals surface area contributed by atoms with Gasteiger partial charge in [0.2, 0.25) is 10.0 Å². The Balaban J connectivity index is 1.90. The zero-order chi connectivity index (χ0) is 21.4. The van der Waals surface area contributed by atoms with Crippen LogP contribution in [0, 0.1) is 5.82 Å². The molecule has 7 nitrogen and oxygen atoms in total. The standard InChI is InChI=1S/C20H27FN2O5S/c1-4-27-18-7-5-15(12-20(18)29(22,24)25)11-14(2)23-9-10-28-17-8-6-16(21)13-19(17)26-3/h5-8,12-14,23H,4,9-11H2,1-3H3,(H2,22,24,25). The number of sulfonamides is 1. The van der Waals surface area contributed by atoms with E-state index in [9.17, 15) is 12.8 Å². The third-order valence-corrected chi connectivity index (χ3v) is 5.07. The minimum absolute atomic E-state index is 0.0178. The first kappa shape index (κ1) is 22.9. The SMILES string of the molecule is CCOc1ccc(CC(C)NCCOc2ccc(F)cc2OC)cc1S(N)(=O)=O. The predicted molar refractivity (Wildman–Crippen MR) is 109 cm³/mol. The molecular formula is C20H27FN2O5S. The molecule has 0 amide bonds. The fourth-order valence-corrected chi connectivity index (χ4v) is 3.55. The first-order chi connectivity index (χ1) is 13.7. The second kappa shape index (κ2) is 10.4. The summed E-state index contributed by atoms with van der Waals surface area (Å²) in [6, 6.07) is 9.13. The highest BCUT2D eigenvalue weighted by atomic mass is 32.2. The molecule has 0 aliphatic carbocycles. The highest BCUT2D eigenvalue weighted by Crippen LogP contribution is 2.27. The molecule has 29 heavy (non-hydrogen) atoms. The van der Waals surface area contributed by atoms with E-state index in [0.717, 1.165) is 5.56 Å². The molecule has 1 atom stereocenters. The Morgan fingerprint density at radius 2 is 1.83 bits per heavy atom. The van der Waals surface area contributed by atoms with Crippen LogP contribution in [0.25, 0.3) is 0 Å². The molecule has 0 heterocycles. The number of halogens is 1. The van der Waals surface area contributed by atoms with Crippen LogP contribution in [0.5, 0.6) is 17.2 Å². The number of ether oxygens (including phenoxy) is 3. The van der Waals surface area contributed by atoms with Crippen LogP contribution in [0.4, 0.5) is 4.39 Å². The summed E-state index contributed by atoms with van der Waals surface area (Å²) in [7, 11) is -2.43. The molecule has 3 N–H and O–H groups in total. The van der Waals surface area contributed by atoms with Crippen LogP contribution in [0.2, 0.25) is 0 Å². The van der Waals surface area contributed by atoms with Gasteiger partial charge in [0.15, 0.2) is 11.5 Å². The normalized spacial score (nSPS) is 12.4. The summed E-state index contributed by atoms with van der Waals surface area (Å²) >= 11 is 0. The third-order valence-electron chi connectivity index (χ3n) is 4.13. The molecule has 160 valence electrons. The maximum Gasteiger partial charge on any atom is 0.241 e. The second-order valence-electron chi connectivity index (χ2n) is 6.46. The van der Waals surface area contributed by atoms with Crippen molar-refractivity contribution in [1.29, 1.82) is 0 Å². The van der Waals surface area contributed by atoms with Crippen molar-refractivity contribution in [2.24, 2.45) is 5.14 Å². The Morgan fingerprint density at radius 3 is 2.48 bits per heavy atom. The maximum absolute atomic E-state index is 13.2. The van der Waals surface area contributed by atoms with Gasteiger partial charge in [-0.3, -0.25) is 0 Å². The molecule has 0 aromatic heterocycles. The quantitative estimate of drug-likeness (QED) is 0.536. The molecule has 0 aliphatic rings. The van der Waals surface area contributed by atoms with E-state index in [1.807, 2.05) is 13.0 Å². The van der Waals surface area contributed by atoms with Gasteiger partial charge in [-0.05, 0) is 50.1 Å². The number of hydrogen-bond acceptors (Lipinski definition) is 6. The van der Waals surface area contributed by atoms with Gasteiger partial charge < -0.3 is 19.5 Å². The van der Waals surface area contributed by atoms with Crippen LogP contribution < -0.4 is 24.7 Å². The van der Waals surface area contributed by atoms with Gasteiger partial charge >= 0.3 is 0 Å². The summed E-state index contributed by atoms with van der Waals surface area (Å²) in [6.45, 7) is 5.00. The van der Waals surface area contributed by atoms with Crippen LogP contribution in [-0.4, -0.2) is 41.3 Å². The van der Waals surface area contributed by atoms with Crippen LogP contribution in [0.1, 0.15) is 19.4 Å². The Hall–Kier alpha value is -2.36. The van der Waals surface area contributed by atoms with E-state index in [4.69, 9.17) is 19.3 Å². The van der Waals surface area contributed by atoms with Gasteiger partial charge in [0.1, 0.15) is 23.1 Å². The number of nitrogens with one attached hydrogen (secondary N) is 1. The number of nitrogens with two attached hydrogens (primary N) is 1. The molecule has 2 aromatic carbocycles. The summed E-state index contributed by atoms with van der Waals surface area (Å²) in [6.07, 6.45) is 0.592. The first-order valence-corrected chi connectivity index (χ1v) is 10.8. The van der Waals surface area contributed by atoms with Crippen molar-refractivity contribution in [3.63, 3.8) is 0 Å². The molecule has 0 spiro atoms. The van der Waals surface area contributed by atoms with E-state index in [0.29, 0.717) is 37.7 Å². The van der Waals surface area contributed by atoms with Gasteiger partial charge in [-0.1, -0.05) is 6.07 Å². The summed E-state index contributed by atoms with van der Waals surface area (Å²) in [4.78, 5) is -0.0178. The van der Waals surface area contributed by atoms with E-state index >= 15 is 0 Å². The van der Waals surface area contributed by atoms with Gasteiger partial charge in [-0.2, -0.15) is 0 Å². The van der Waals surface area contributed by atoms with Gasteiger partial charge in [0, 0.05) is 18.7 Å². The molecule has 0 saturated carbocycles. The van der Waals surface area contributed by atoms with Gasteiger partial charge in [-0.25, -0.2) is 17.9 Å². The highest BCUT2D eigenvalue weighted by molar-refractivity contribution is 7.89. The largest absolute Gasteiger partial charge is 0.493 e. The average Bonchev–Trinajstić information content (AvgIpc) is 2.66. The number of benzene rings is 2. The monoisotopic (exact) mass is 426 g/mol. The summed E-state index contributed by atoms with van der Waals surface area (Å²) in [5, 5.41) is 8.60. The molecule has 2 aromatic rings. The molecular weight excluding hydrogens is 399 g/mol. The smallest absolute Gasteiger partial charge is 0.241 e. The van der Waals surface area contributed by atoms with Crippen molar-refractivity contribution in [2.45, 2.75) is 31.2 Å². The number of methoxy groups -OCH3 is 1. The zero-order valence-corrected chi connectivity index (χ0v) is 17.6. The number of rotatable bonds is 11. The maximum atomic E-state index is 13.2. The topological polar surface area (TPSA) is 99.9 Å². The Bertz CT molecular complexity index is 921. The average molecular weight is 427 g/mol. The van der Waals surface area contributed by atoms with Gasteiger partial charge in [-0.15, -0.1) is 0 Å². The molecule has 0 fully saturated rings. The van der Waals surface area contributed by atoms with E-state index in [2.05, 4.69) is 5.32 Å². The van der Waals surface area contributed by atoms with Gasteiger partial charge in [0.05, 0.1) is 13.7 Å². The van der Waals surface area contributed by atoms with Gasteiger partial charge in [0.25, 0.3) is 0 Å². The van der Waals surface area contributed by atoms with E-state index in [-0.39, 0.29) is 16.7 Å². The fourth-order valence-electron chi connectivity index (χ4n) is 2.83. The predicted octanol–water partition coefficient (Wildman–Crippen LogP) is 2.48. The Kier molecular flexibility index (Phi) is 8.24. The van der Waals surface area contributed by atoms with E-state index < -0.39 is 15.8 Å². The molecule has 9 heteroatoms. The molecule has 1 unspecified atom stereocenters. The minimum atomic E-state index is -3.88. The first-order valence-electron chi connectivity index (χ1n) is 9.22. The summed E-state index contributed by atoms with van der Waals surface area (Å²) in [5.74, 6) is 0.659.